The standard InChI is InChI=1S/C21H19NOS2/c1-15(13-17-9-5-3-6-10-17)14-19-20(23)22(21(24)25-19)16(2)18-11-7-4-8-12-18/h3-14,16H,1-2H3/b15-13+,19-14+/t16-/m0/s1. The van der Waals surface area contributed by atoms with E-state index in [2.05, 4.69) is 6.08 Å². The maximum atomic E-state index is 12.8. The third kappa shape index (κ3) is 4.09. The van der Waals surface area contributed by atoms with Crippen molar-refractivity contribution in [2.45, 2.75) is 19.9 Å². The van der Waals surface area contributed by atoms with Crippen molar-refractivity contribution in [2.24, 2.45) is 0 Å². The smallest absolute Gasteiger partial charge is 0.266 e. The van der Waals surface area contributed by atoms with Crippen LogP contribution in [0, 0.1) is 0 Å². The van der Waals surface area contributed by atoms with Gasteiger partial charge in [0, 0.05) is 0 Å². The summed E-state index contributed by atoms with van der Waals surface area (Å²) >= 11 is 6.83. The van der Waals surface area contributed by atoms with Crippen LogP contribution in [0.2, 0.25) is 0 Å². The van der Waals surface area contributed by atoms with Gasteiger partial charge in [-0.1, -0.05) is 90.7 Å². The van der Waals surface area contributed by atoms with Crippen molar-refractivity contribution in [1.29, 1.82) is 0 Å². The molecule has 0 radical (unpaired) electrons. The summed E-state index contributed by atoms with van der Waals surface area (Å²) in [6, 6.07) is 20.0. The Labute approximate surface area is 158 Å². The lowest BCUT2D eigenvalue weighted by atomic mass is 10.1. The monoisotopic (exact) mass is 365 g/mol. The normalized spacial score (nSPS) is 18.1. The Morgan fingerprint density at radius 1 is 1.08 bits per heavy atom. The third-order valence-corrected chi connectivity index (χ3v) is 5.38. The number of hydrogen-bond donors (Lipinski definition) is 0. The first-order valence-electron chi connectivity index (χ1n) is 8.11. The van der Waals surface area contributed by atoms with Gasteiger partial charge >= 0.3 is 0 Å². The number of carbonyl (C=O) groups is 1. The van der Waals surface area contributed by atoms with Gasteiger partial charge < -0.3 is 0 Å². The predicted octanol–water partition coefficient (Wildman–Crippen LogP) is 5.60. The number of nitrogens with zero attached hydrogens (tertiary/aromatic N) is 1. The average molecular weight is 366 g/mol. The van der Waals surface area contributed by atoms with Gasteiger partial charge in [0.1, 0.15) is 4.32 Å². The molecule has 0 aliphatic carbocycles. The van der Waals surface area contributed by atoms with Crippen LogP contribution in [0.25, 0.3) is 6.08 Å². The molecule has 2 aromatic rings. The van der Waals surface area contributed by atoms with Crippen LogP contribution in [0.1, 0.15) is 31.0 Å². The zero-order chi connectivity index (χ0) is 17.8. The predicted molar refractivity (Wildman–Crippen MR) is 110 cm³/mol. The lowest BCUT2D eigenvalue weighted by molar-refractivity contribution is -0.123. The van der Waals surface area contributed by atoms with Crippen molar-refractivity contribution in [2.75, 3.05) is 0 Å². The molecule has 1 heterocycles. The Balaban J connectivity index is 1.82. The van der Waals surface area contributed by atoms with E-state index >= 15 is 0 Å². The summed E-state index contributed by atoms with van der Waals surface area (Å²) in [5.41, 5.74) is 3.22. The van der Waals surface area contributed by atoms with E-state index in [1.54, 1.807) is 4.90 Å². The van der Waals surface area contributed by atoms with Crippen LogP contribution in [0.5, 0.6) is 0 Å². The van der Waals surface area contributed by atoms with E-state index < -0.39 is 0 Å². The SMILES string of the molecule is CC(=C\c1ccccc1)/C=C1/SC(=S)N([C@@H](C)c2ccccc2)C1=O. The molecule has 4 heteroatoms. The first kappa shape index (κ1) is 17.6. The van der Waals surface area contributed by atoms with Gasteiger partial charge in [-0.05, 0) is 36.6 Å². The van der Waals surface area contributed by atoms with Crippen molar-refractivity contribution in [1.82, 2.24) is 4.90 Å². The first-order chi connectivity index (χ1) is 12.1. The minimum atomic E-state index is -0.0713. The number of thioether (sulfide) groups is 1. The van der Waals surface area contributed by atoms with E-state index in [1.807, 2.05) is 80.6 Å². The van der Waals surface area contributed by atoms with Crippen LogP contribution in [0.4, 0.5) is 0 Å². The number of carbonyl (C=O) groups excluding carboxylic acids is 1. The zero-order valence-electron chi connectivity index (χ0n) is 14.2. The van der Waals surface area contributed by atoms with Gasteiger partial charge in [-0.3, -0.25) is 9.69 Å². The molecule has 0 spiro atoms. The van der Waals surface area contributed by atoms with Crippen molar-refractivity contribution in [3.8, 4) is 0 Å². The molecule has 0 N–H and O–H groups in total. The highest BCUT2D eigenvalue weighted by Crippen LogP contribution is 2.37. The van der Waals surface area contributed by atoms with Gasteiger partial charge in [-0.25, -0.2) is 0 Å². The average Bonchev–Trinajstić information content (AvgIpc) is 2.89. The van der Waals surface area contributed by atoms with Gasteiger partial charge in [0.15, 0.2) is 0 Å². The summed E-state index contributed by atoms with van der Waals surface area (Å²) in [6.45, 7) is 4.01. The van der Waals surface area contributed by atoms with Crippen molar-refractivity contribution < 1.29 is 4.79 Å². The Morgan fingerprint density at radius 3 is 2.32 bits per heavy atom. The third-order valence-electron chi connectivity index (χ3n) is 4.05. The van der Waals surface area contributed by atoms with Gasteiger partial charge in [-0.2, -0.15) is 0 Å². The van der Waals surface area contributed by atoms with Gasteiger partial charge in [0.2, 0.25) is 0 Å². The molecule has 1 aliphatic heterocycles. The van der Waals surface area contributed by atoms with E-state index in [0.717, 1.165) is 16.7 Å². The molecule has 2 aromatic carbocycles. The minimum Gasteiger partial charge on any atom is -0.286 e. The van der Waals surface area contributed by atoms with Crippen molar-refractivity contribution in [3.63, 3.8) is 0 Å². The summed E-state index contributed by atoms with van der Waals surface area (Å²) in [6.07, 6.45) is 3.98. The number of benzene rings is 2. The maximum absolute atomic E-state index is 12.8. The van der Waals surface area contributed by atoms with Crippen molar-refractivity contribution in [3.05, 3.63) is 88.3 Å². The Morgan fingerprint density at radius 2 is 1.68 bits per heavy atom. The molecule has 0 unspecified atom stereocenters. The molecular formula is C21H19NOS2. The van der Waals surface area contributed by atoms with E-state index in [-0.39, 0.29) is 11.9 Å². The fraction of sp³-hybridized carbons (Fsp3) is 0.143. The molecule has 1 saturated heterocycles. The molecule has 25 heavy (non-hydrogen) atoms. The molecule has 0 bridgehead atoms. The molecule has 3 rings (SSSR count). The Hall–Kier alpha value is -2.17. The molecule has 126 valence electrons. The summed E-state index contributed by atoms with van der Waals surface area (Å²) in [5.74, 6) is -0.0211. The summed E-state index contributed by atoms with van der Waals surface area (Å²) in [7, 11) is 0. The molecule has 0 aromatic heterocycles. The highest BCUT2D eigenvalue weighted by molar-refractivity contribution is 8.26. The zero-order valence-corrected chi connectivity index (χ0v) is 15.8. The second-order valence-electron chi connectivity index (χ2n) is 5.94. The van der Waals surface area contributed by atoms with Crippen LogP contribution >= 0.6 is 24.0 Å². The lowest BCUT2D eigenvalue weighted by Crippen LogP contribution is -2.31. The van der Waals surface area contributed by atoms with Gasteiger partial charge in [0.05, 0.1) is 10.9 Å². The Kier molecular flexibility index (Phi) is 5.51. The van der Waals surface area contributed by atoms with Gasteiger partial charge in [0.25, 0.3) is 5.91 Å². The highest BCUT2D eigenvalue weighted by Gasteiger charge is 2.35. The summed E-state index contributed by atoms with van der Waals surface area (Å²) in [4.78, 5) is 15.2. The van der Waals surface area contributed by atoms with Crippen LogP contribution in [-0.4, -0.2) is 15.1 Å². The van der Waals surface area contributed by atoms with E-state index in [1.165, 1.54) is 11.8 Å². The van der Waals surface area contributed by atoms with Crippen LogP contribution in [-0.2, 0) is 4.79 Å². The topological polar surface area (TPSA) is 20.3 Å². The minimum absolute atomic E-state index is 0.0211. The molecule has 0 saturated carbocycles. The Bertz CT molecular complexity index is 841. The molecule has 2 nitrogen and oxygen atoms in total. The number of amides is 1. The van der Waals surface area contributed by atoms with E-state index in [9.17, 15) is 4.79 Å². The molecule has 1 atom stereocenters. The fourth-order valence-electron chi connectivity index (χ4n) is 2.75. The number of allylic oxidation sites excluding steroid dienone is 2. The first-order valence-corrected chi connectivity index (χ1v) is 9.34. The van der Waals surface area contributed by atoms with Gasteiger partial charge in [-0.15, -0.1) is 0 Å². The highest BCUT2D eigenvalue weighted by atomic mass is 32.2. The number of rotatable bonds is 4. The fourth-order valence-corrected chi connectivity index (χ4v) is 4.22. The number of hydrogen-bond acceptors (Lipinski definition) is 3. The second-order valence-corrected chi connectivity index (χ2v) is 7.61. The summed E-state index contributed by atoms with van der Waals surface area (Å²) < 4.78 is 0.611. The quantitative estimate of drug-likeness (QED) is 0.520. The second kappa shape index (κ2) is 7.81. The summed E-state index contributed by atoms with van der Waals surface area (Å²) in [5, 5.41) is 0. The number of thiocarbonyl (C=S) groups is 1. The molecule has 1 amide bonds. The molecule has 1 fully saturated rings. The van der Waals surface area contributed by atoms with Crippen LogP contribution in [0.15, 0.2) is 77.2 Å². The molecular weight excluding hydrogens is 346 g/mol. The van der Waals surface area contributed by atoms with Crippen molar-refractivity contribution >= 4 is 40.3 Å². The van der Waals surface area contributed by atoms with E-state index in [0.29, 0.717) is 9.23 Å². The van der Waals surface area contributed by atoms with Crippen LogP contribution in [0.3, 0.4) is 0 Å². The largest absolute Gasteiger partial charge is 0.286 e. The van der Waals surface area contributed by atoms with Crippen LogP contribution < -0.4 is 0 Å². The van der Waals surface area contributed by atoms with E-state index in [4.69, 9.17) is 12.2 Å². The maximum Gasteiger partial charge on any atom is 0.266 e. The lowest BCUT2D eigenvalue weighted by Gasteiger charge is -2.23. The molecule has 1 aliphatic rings.